The number of carboxylic acid groups (broad SMARTS) is 1. The van der Waals surface area contributed by atoms with Crippen LogP contribution in [0.2, 0.25) is 0 Å². The summed E-state index contributed by atoms with van der Waals surface area (Å²) in [5.41, 5.74) is 0.949. The molecule has 0 aromatic heterocycles. The normalized spacial score (nSPS) is 12.2. The van der Waals surface area contributed by atoms with Crippen LogP contribution in [0, 0.1) is 23.0 Å². The molecule has 18 heavy (non-hydrogen) atoms. The van der Waals surface area contributed by atoms with Crippen molar-refractivity contribution in [3.8, 4) is 0 Å². The number of hydrogen-bond acceptors (Lipinski definition) is 4. The van der Waals surface area contributed by atoms with Gasteiger partial charge in [-0.1, -0.05) is 19.9 Å². The van der Waals surface area contributed by atoms with Crippen molar-refractivity contribution in [2.45, 2.75) is 26.8 Å². The fourth-order valence-corrected chi connectivity index (χ4v) is 1.61. The molecule has 0 aliphatic carbocycles. The summed E-state index contributed by atoms with van der Waals surface area (Å²) in [6, 6.07) is 3.72. The second-order valence-corrected chi connectivity index (χ2v) is 4.48. The minimum Gasteiger partial charge on any atom is -0.480 e. The molecule has 0 fully saturated rings. The number of nitro benzene ring substituents is 1. The summed E-state index contributed by atoms with van der Waals surface area (Å²) in [6.07, 6.45) is 0. The standard InChI is InChI=1S/C12H16N2O4/c1-7(2)11(12(15)16)13-9-6-8(3)4-5-10(9)14(17)18/h4-7,11,13H,1-3H3,(H,15,16)/t11-/m1/s1. The number of nitro groups is 1. The molecule has 0 aliphatic heterocycles. The summed E-state index contributed by atoms with van der Waals surface area (Å²) in [7, 11) is 0. The van der Waals surface area contributed by atoms with Crippen LogP contribution in [-0.4, -0.2) is 22.0 Å². The highest BCUT2D eigenvalue weighted by atomic mass is 16.6. The Kier molecular flexibility index (Phi) is 4.25. The third-order valence-corrected chi connectivity index (χ3v) is 2.59. The number of benzene rings is 1. The largest absolute Gasteiger partial charge is 0.480 e. The molecule has 98 valence electrons. The lowest BCUT2D eigenvalue weighted by Crippen LogP contribution is -2.34. The van der Waals surface area contributed by atoms with E-state index in [1.165, 1.54) is 6.07 Å². The fourth-order valence-electron chi connectivity index (χ4n) is 1.61. The van der Waals surface area contributed by atoms with Crippen molar-refractivity contribution in [3.05, 3.63) is 33.9 Å². The van der Waals surface area contributed by atoms with Crippen molar-refractivity contribution < 1.29 is 14.8 Å². The number of hydrogen-bond donors (Lipinski definition) is 2. The third kappa shape index (κ3) is 3.19. The van der Waals surface area contributed by atoms with Gasteiger partial charge in [-0.2, -0.15) is 0 Å². The van der Waals surface area contributed by atoms with Crippen molar-refractivity contribution >= 4 is 17.3 Å². The minimum atomic E-state index is -1.03. The number of carboxylic acids is 1. The number of rotatable bonds is 5. The molecule has 0 heterocycles. The molecule has 1 atom stereocenters. The van der Waals surface area contributed by atoms with Crippen molar-refractivity contribution in [1.82, 2.24) is 0 Å². The van der Waals surface area contributed by atoms with Crippen molar-refractivity contribution in [2.75, 3.05) is 5.32 Å². The van der Waals surface area contributed by atoms with Crippen molar-refractivity contribution in [2.24, 2.45) is 5.92 Å². The maximum Gasteiger partial charge on any atom is 0.326 e. The quantitative estimate of drug-likeness (QED) is 0.620. The molecular weight excluding hydrogens is 236 g/mol. The van der Waals surface area contributed by atoms with Gasteiger partial charge in [0.25, 0.3) is 5.69 Å². The zero-order valence-corrected chi connectivity index (χ0v) is 10.5. The highest BCUT2D eigenvalue weighted by molar-refractivity contribution is 5.79. The summed E-state index contributed by atoms with van der Waals surface area (Å²) in [5, 5.41) is 22.7. The maximum absolute atomic E-state index is 11.1. The van der Waals surface area contributed by atoms with Gasteiger partial charge < -0.3 is 10.4 Å². The average Bonchev–Trinajstić information content (AvgIpc) is 2.24. The molecule has 2 N–H and O–H groups in total. The van der Waals surface area contributed by atoms with Gasteiger partial charge in [-0.05, 0) is 24.5 Å². The SMILES string of the molecule is Cc1ccc([N+](=O)[O-])c(N[C@@H](C(=O)O)C(C)C)c1. The molecule has 1 rings (SSSR count). The van der Waals surface area contributed by atoms with Gasteiger partial charge in [0.15, 0.2) is 0 Å². The topological polar surface area (TPSA) is 92.5 Å². The molecule has 0 saturated heterocycles. The fraction of sp³-hybridized carbons (Fsp3) is 0.417. The Morgan fingerprint density at radius 1 is 1.44 bits per heavy atom. The molecule has 0 radical (unpaired) electrons. The number of anilines is 1. The second-order valence-electron chi connectivity index (χ2n) is 4.48. The first-order valence-electron chi connectivity index (χ1n) is 5.57. The van der Waals surface area contributed by atoms with E-state index in [4.69, 9.17) is 5.11 Å². The molecule has 6 nitrogen and oxygen atoms in total. The van der Waals surface area contributed by atoms with Gasteiger partial charge in [-0.15, -0.1) is 0 Å². The zero-order valence-electron chi connectivity index (χ0n) is 10.5. The van der Waals surface area contributed by atoms with Crippen LogP contribution in [0.25, 0.3) is 0 Å². The second kappa shape index (κ2) is 5.48. The van der Waals surface area contributed by atoms with E-state index in [0.29, 0.717) is 0 Å². The molecule has 0 aliphatic rings. The van der Waals surface area contributed by atoms with Crippen LogP contribution in [-0.2, 0) is 4.79 Å². The highest BCUT2D eigenvalue weighted by Gasteiger charge is 2.24. The van der Waals surface area contributed by atoms with Gasteiger partial charge in [-0.25, -0.2) is 4.79 Å². The Hall–Kier alpha value is -2.11. The Labute approximate surface area is 105 Å². The van der Waals surface area contributed by atoms with Gasteiger partial charge in [0.2, 0.25) is 0 Å². The van der Waals surface area contributed by atoms with Gasteiger partial charge in [0, 0.05) is 6.07 Å². The van der Waals surface area contributed by atoms with Gasteiger partial charge in [0.1, 0.15) is 11.7 Å². The number of aryl methyl sites for hydroxylation is 1. The number of nitrogens with zero attached hydrogens (tertiary/aromatic N) is 1. The number of nitrogens with one attached hydrogen (secondary N) is 1. The lowest BCUT2D eigenvalue weighted by atomic mass is 10.0. The van der Waals surface area contributed by atoms with Gasteiger partial charge in [0.05, 0.1) is 4.92 Å². The molecule has 0 amide bonds. The predicted molar refractivity (Wildman–Crippen MR) is 67.7 cm³/mol. The molecule has 1 aromatic rings. The summed E-state index contributed by atoms with van der Waals surface area (Å²) in [6.45, 7) is 5.28. The Balaban J connectivity index is 3.12. The van der Waals surface area contributed by atoms with E-state index in [2.05, 4.69) is 5.32 Å². The third-order valence-electron chi connectivity index (χ3n) is 2.59. The van der Waals surface area contributed by atoms with Crippen molar-refractivity contribution in [1.29, 1.82) is 0 Å². The predicted octanol–water partition coefficient (Wildman–Crippen LogP) is 2.42. The van der Waals surface area contributed by atoms with Crippen LogP contribution in [0.15, 0.2) is 18.2 Å². The smallest absolute Gasteiger partial charge is 0.326 e. The Bertz CT molecular complexity index is 471. The summed E-state index contributed by atoms with van der Waals surface area (Å²) in [4.78, 5) is 21.4. The van der Waals surface area contributed by atoms with Gasteiger partial charge >= 0.3 is 5.97 Å². The van der Waals surface area contributed by atoms with Gasteiger partial charge in [-0.3, -0.25) is 10.1 Å². The molecule has 0 bridgehead atoms. The highest BCUT2D eigenvalue weighted by Crippen LogP contribution is 2.26. The first-order valence-corrected chi connectivity index (χ1v) is 5.57. The Morgan fingerprint density at radius 3 is 2.50 bits per heavy atom. The summed E-state index contributed by atoms with van der Waals surface area (Å²) >= 11 is 0. The van der Waals surface area contributed by atoms with Crippen molar-refractivity contribution in [3.63, 3.8) is 0 Å². The molecule has 6 heteroatoms. The molecule has 0 spiro atoms. The summed E-state index contributed by atoms with van der Waals surface area (Å²) < 4.78 is 0. The van der Waals surface area contributed by atoms with E-state index in [-0.39, 0.29) is 17.3 Å². The van der Waals surface area contributed by atoms with E-state index >= 15 is 0 Å². The monoisotopic (exact) mass is 252 g/mol. The van der Waals surface area contributed by atoms with Crippen LogP contribution in [0.1, 0.15) is 19.4 Å². The van der Waals surface area contributed by atoms with Crippen LogP contribution in [0.4, 0.5) is 11.4 Å². The lowest BCUT2D eigenvalue weighted by Gasteiger charge is -2.19. The lowest BCUT2D eigenvalue weighted by molar-refractivity contribution is -0.384. The van der Waals surface area contributed by atoms with Crippen LogP contribution in [0.5, 0.6) is 0 Å². The van der Waals surface area contributed by atoms with E-state index in [1.807, 2.05) is 0 Å². The summed E-state index contributed by atoms with van der Waals surface area (Å²) in [5.74, 6) is -1.21. The van der Waals surface area contributed by atoms with E-state index in [1.54, 1.807) is 32.9 Å². The van der Waals surface area contributed by atoms with E-state index < -0.39 is 16.9 Å². The minimum absolute atomic E-state index is 0.118. The number of carbonyl (C=O) groups is 1. The van der Waals surface area contributed by atoms with Crippen LogP contribution < -0.4 is 5.32 Å². The molecule has 0 saturated carbocycles. The van der Waals surface area contributed by atoms with E-state index in [0.717, 1.165) is 5.56 Å². The first-order chi connectivity index (χ1) is 8.32. The molecular formula is C12H16N2O4. The van der Waals surface area contributed by atoms with Crippen LogP contribution >= 0.6 is 0 Å². The maximum atomic E-state index is 11.1. The average molecular weight is 252 g/mol. The first kappa shape index (κ1) is 14.0. The molecule has 0 unspecified atom stereocenters. The van der Waals surface area contributed by atoms with E-state index in [9.17, 15) is 14.9 Å². The zero-order chi connectivity index (χ0) is 13.9. The molecule has 1 aromatic carbocycles. The number of aliphatic carboxylic acids is 1. The Morgan fingerprint density at radius 2 is 2.06 bits per heavy atom. The van der Waals surface area contributed by atoms with Crippen LogP contribution in [0.3, 0.4) is 0 Å².